The van der Waals surface area contributed by atoms with Crippen molar-refractivity contribution in [1.82, 2.24) is 0 Å². The molecule has 3 rings (SSSR count). The van der Waals surface area contributed by atoms with Gasteiger partial charge < -0.3 is 14.8 Å². The number of aryl methyl sites for hydroxylation is 1. The summed E-state index contributed by atoms with van der Waals surface area (Å²) in [6.07, 6.45) is -1.98. The fourth-order valence-corrected chi connectivity index (χ4v) is 2.34. The maximum Gasteiger partial charge on any atom is 0.416 e. The van der Waals surface area contributed by atoms with Gasteiger partial charge in [0.15, 0.2) is 5.75 Å². The van der Waals surface area contributed by atoms with E-state index in [1.54, 1.807) is 0 Å². The maximum atomic E-state index is 12.9. The first-order valence-electron chi connectivity index (χ1n) is 7.19. The molecule has 1 heterocycles. The van der Waals surface area contributed by atoms with Crippen LogP contribution >= 0.6 is 0 Å². The molecule has 118 valence electrons. The van der Waals surface area contributed by atoms with E-state index < -0.39 is 11.7 Å². The smallest absolute Gasteiger partial charge is 0.416 e. The van der Waals surface area contributed by atoms with Crippen LogP contribution in [0.25, 0.3) is 11.1 Å². The van der Waals surface area contributed by atoms with Crippen molar-refractivity contribution < 1.29 is 22.7 Å². The molecular weight excluding hydrogens is 295 g/mol. The molecule has 0 radical (unpaired) electrons. The fraction of sp³-hybridized carbons (Fsp3) is 0.375. The largest absolute Gasteiger partial charge is 0.504 e. The highest BCUT2D eigenvalue weighted by Gasteiger charge is 2.32. The van der Waals surface area contributed by atoms with E-state index >= 15 is 0 Å². The molecule has 0 aliphatic heterocycles. The third-order valence-electron chi connectivity index (χ3n) is 3.67. The van der Waals surface area contributed by atoms with Crippen LogP contribution < -0.4 is 5.32 Å². The van der Waals surface area contributed by atoms with Gasteiger partial charge in [0.1, 0.15) is 5.76 Å². The highest BCUT2D eigenvalue weighted by Crippen LogP contribution is 2.44. The average Bonchev–Trinajstić information content (AvgIpc) is 3.22. The van der Waals surface area contributed by atoms with Crippen molar-refractivity contribution in [3.63, 3.8) is 0 Å². The monoisotopic (exact) mass is 311 g/mol. The maximum absolute atomic E-state index is 12.9. The standard InChI is InChI=1S/C16H16F3NO2/c1-2-12-14(21)13(15(22-12)20-11-6-7-11)9-4-3-5-10(8-9)16(17,18)19/h3-5,8,11,20-21H,2,6-7H2,1H3. The van der Waals surface area contributed by atoms with Crippen molar-refractivity contribution in [3.05, 3.63) is 35.6 Å². The topological polar surface area (TPSA) is 45.4 Å². The summed E-state index contributed by atoms with van der Waals surface area (Å²) in [5, 5.41) is 13.4. The number of halogens is 3. The van der Waals surface area contributed by atoms with Gasteiger partial charge in [0, 0.05) is 12.5 Å². The number of rotatable bonds is 4. The normalized spacial score (nSPS) is 15.1. The van der Waals surface area contributed by atoms with Gasteiger partial charge in [-0.1, -0.05) is 19.1 Å². The van der Waals surface area contributed by atoms with Crippen LogP contribution in [-0.4, -0.2) is 11.1 Å². The van der Waals surface area contributed by atoms with Crippen molar-refractivity contribution in [1.29, 1.82) is 0 Å². The van der Waals surface area contributed by atoms with Crippen molar-refractivity contribution in [2.45, 2.75) is 38.4 Å². The predicted octanol–water partition coefficient (Wildman–Crippen LogP) is 4.81. The lowest BCUT2D eigenvalue weighted by molar-refractivity contribution is -0.137. The Morgan fingerprint density at radius 1 is 1.32 bits per heavy atom. The van der Waals surface area contributed by atoms with E-state index in [1.807, 2.05) is 6.92 Å². The molecule has 1 fully saturated rings. The molecule has 1 aliphatic rings. The number of furan rings is 1. The number of hydrogen-bond acceptors (Lipinski definition) is 3. The van der Waals surface area contributed by atoms with Gasteiger partial charge in [-0.2, -0.15) is 13.2 Å². The van der Waals surface area contributed by atoms with Crippen LogP contribution in [0.5, 0.6) is 5.75 Å². The SMILES string of the molecule is CCc1oc(NC2CC2)c(-c2cccc(C(F)(F)F)c2)c1O. The van der Waals surface area contributed by atoms with Gasteiger partial charge in [0.25, 0.3) is 0 Å². The summed E-state index contributed by atoms with van der Waals surface area (Å²) in [6, 6.07) is 5.17. The Morgan fingerprint density at radius 2 is 2.05 bits per heavy atom. The van der Waals surface area contributed by atoms with Crippen LogP contribution in [-0.2, 0) is 12.6 Å². The second-order valence-corrected chi connectivity index (χ2v) is 5.43. The van der Waals surface area contributed by atoms with E-state index in [1.165, 1.54) is 12.1 Å². The Labute approximate surface area is 125 Å². The summed E-state index contributed by atoms with van der Waals surface area (Å²) in [5.74, 6) is 0.622. The minimum atomic E-state index is -4.42. The quantitative estimate of drug-likeness (QED) is 0.852. The molecule has 1 aromatic carbocycles. The number of nitrogens with one attached hydrogen (secondary N) is 1. The van der Waals surface area contributed by atoms with Crippen LogP contribution in [0.2, 0.25) is 0 Å². The number of hydrogen-bond donors (Lipinski definition) is 2. The Kier molecular flexibility index (Phi) is 3.54. The minimum Gasteiger partial charge on any atom is -0.504 e. The van der Waals surface area contributed by atoms with Crippen molar-refractivity contribution in [2.75, 3.05) is 5.32 Å². The van der Waals surface area contributed by atoms with Crippen LogP contribution in [0.1, 0.15) is 31.1 Å². The number of aromatic hydroxyl groups is 1. The molecule has 1 saturated carbocycles. The van der Waals surface area contributed by atoms with Gasteiger partial charge >= 0.3 is 6.18 Å². The van der Waals surface area contributed by atoms with Crippen molar-refractivity contribution in [2.24, 2.45) is 0 Å². The van der Waals surface area contributed by atoms with Gasteiger partial charge in [-0.25, -0.2) is 0 Å². The highest BCUT2D eigenvalue weighted by molar-refractivity contribution is 5.82. The lowest BCUT2D eigenvalue weighted by Gasteiger charge is -2.09. The number of anilines is 1. The van der Waals surface area contributed by atoms with Gasteiger partial charge in [0.05, 0.1) is 11.1 Å². The number of benzene rings is 1. The number of alkyl halides is 3. The zero-order valence-corrected chi connectivity index (χ0v) is 12.0. The molecule has 22 heavy (non-hydrogen) atoms. The lowest BCUT2D eigenvalue weighted by atomic mass is 10.0. The van der Waals surface area contributed by atoms with Gasteiger partial charge in [-0.3, -0.25) is 0 Å². The second kappa shape index (κ2) is 5.26. The molecule has 2 N–H and O–H groups in total. The first-order chi connectivity index (χ1) is 10.4. The minimum absolute atomic E-state index is 0.0926. The van der Waals surface area contributed by atoms with E-state index in [-0.39, 0.29) is 11.8 Å². The van der Waals surface area contributed by atoms with Crippen LogP contribution in [0, 0.1) is 0 Å². The Bertz CT molecular complexity index is 687. The summed E-state index contributed by atoms with van der Waals surface area (Å²) in [4.78, 5) is 0. The van der Waals surface area contributed by atoms with Crippen LogP contribution in [0.15, 0.2) is 28.7 Å². The highest BCUT2D eigenvalue weighted by atomic mass is 19.4. The van der Waals surface area contributed by atoms with Gasteiger partial charge in [-0.05, 0) is 30.5 Å². The zero-order valence-electron chi connectivity index (χ0n) is 12.0. The molecule has 6 heteroatoms. The van der Waals surface area contributed by atoms with Gasteiger partial charge in [-0.15, -0.1) is 0 Å². The predicted molar refractivity (Wildman–Crippen MR) is 76.8 cm³/mol. The molecule has 2 aromatic rings. The van der Waals surface area contributed by atoms with Crippen molar-refractivity contribution >= 4 is 5.88 Å². The molecule has 0 saturated heterocycles. The van der Waals surface area contributed by atoms with E-state index in [0.29, 0.717) is 29.2 Å². The Hall–Kier alpha value is -2.11. The third-order valence-corrected chi connectivity index (χ3v) is 3.67. The Morgan fingerprint density at radius 3 is 2.64 bits per heavy atom. The van der Waals surface area contributed by atoms with E-state index in [9.17, 15) is 18.3 Å². The first kappa shape index (κ1) is 14.8. The van der Waals surface area contributed by atoms with Crippen molar-refractivity contribution in [3.8, 4) is 16.9 Å². The Balaban J connectivity index is 2.08. The molecule has 0 unspecified atom stereocenters. The first-order valence-corrected chi connectivity index (χ1v) is 7.19. The molecule has 0 atom stereocenters. The van der Waals surface area contributed by atoms with E-state index in [4.69, 9.17) is 4.42 Å². The summed E-state index contributed by atoms with van der Waals surface area (Å²) < 4.78 is 44.2. The summed E-state index contributed by atoms with van der Waals surface area (Å²) >= 11 is 0. The van der Waals surface area contributed by atoms with Crippen LogP contribution in [0.3, 0.4) is 0 Å². The zero-order chi connectivity index (χ0) is 15.9. The average molecular weight is 311 g/mol. The van der Waals surface area contributed by atoms with E-state index in [0.717, 1.165) is 25.0 Å². The molecule has 1 aromatic heterocycles. The van der Waals surface area contributed by atoms with E-state index in [2.05, 4.69) is 5.32 Å². The van der Waals surface area contributed by atoms with Crippen LogP contribution in [0.4, 0.5) is 19.1 Å². The molecule has 3 nitrogen and oxygen atoms in total. The molecular formula is C16H16F3NO2. The molecule has 1 aliphatic carbocycles. The van der Waals surface area contributed by atoms with Gasteiger partial charge in [0.2, 0.25) is 5.88 Å². The summed E-state index contributed by atoms with van der Waals surface area (Å²) in [5.41, 5.74) is -0.158. The third kappa shape index (κ3) is 2.77. The molecule has 0 bridgehead atoms. The molecule has 0 amide bonds. The summed E-state index contributed by atoms with van der Waals surface area (Å²) in [6.45, 7) is 1.81. The fourth-order valence-electron chi connectivity index (χ4n) is 2.34. The second-order valence-electron chi connectivity index (χ2n) is 5.43. The summed E-state index contributed by atoms with van der Waals surface area (Å²) in [7, 11) is 0. The lowest BCUT2D eigenvalue weighted by Crippen LogP contribution is -2.05. The molecule has 0 spiro atoms.